The number of fused-ring (bicyclic) bond motifs is 1. The average molecular weight is 414 g/mol. The average Bonchev–Trinajstić information content (AvgIpc) is 3.24. The number of carbonyl (C=O) groups excluding carboxylic acids is 1. The van der Waals surface area contributed by atoms with Crippen LogP contribution in [0.3, 0.4) is 0 Å². The van der Waals surface area contributed by atoms with Crippen LogP contribution in [0.15, 0.2) is 51.9 Å². The predicted molar refractivity (Wildman–Crippen MR) is 106 cm³/mol. The van der Waals surface area contributed by atoms with E-state index in [1.54, 1.807) is 24.3 Å². The molecule has 0 bridgehead atoms. The van der Waals surface area contributed by atoms with Gasteiger partial charge in [0.05, 0.1) is 18.9 Å². The lowest BCUT2D eigenvalue weighted by Gasteiger charge is -2.12. The van der Waals surface area contributed by atoms with Crippen molar-refractivity contribution in [3.05, 3.63) is 65.2 Å². The van der Waals surface area contributed by atoms with Crippen molar-refractivity contribution < 1.29 is 27.5 Å². The van der Waals surface area contributed by atoms with Crippen LogP contribution in [0, 0.1) is 11.6 Å². The third kappa shape index (κ3) is 4.33. The molecule has 0 aliphatic carbocycles. The molecule has 1 fully saturated rings. The van der Waals surface area contributed by atoms with Crippen molar-refractivity contribution in [3.63, 3.8) is 0 Å². The van der Waals surface area contributed by atoms with E-state index in [-0.39, 0.29) is 22.9 Å². The fourth-order valence-corrected chi connectivity index (χ4v) is 3.36. The van der Waals surface area contributed by atoms with Crippen molar-refractivity contribution in [1.82, 2.24) is 5.32 Å². The number of hydrogen-bond acceptors (Lipinski definition) is 5. The Morgan fingerprint density at radius 1 is 1.23 bits per heavy atom. The van der Waals surface area contributed by atoms with Crippen molar-refractivity contribution >= 4 is 22.6 Å². The van der Waals surface area contributed by atoms with E-state index in [2.05, 4.69) is 10.3 Å². The van der Waals surface area contributed by atoms with E-state index in [9.17, 15) is 13.6 Å². The van der Waals surface area contributed by atoms with Gasteiger partial charge in [-0.1, -0.05) is 12.1 Å². The fraction of sp³-hybridized carbons (Fsp3) is 0.273. The Morgan fingerprint density at radius 2 is 2.03 bits per heavy atom. The first-order valence-electron chi connectivity index (χ1n) is 9.55. The predicted octanol–water partition coefficient (Wildman–Crippen LogP) is 3.86. The molecule has 3 aromatic rings. The normalized spacial score (nSPS) is 16.8. The van der Waals surface area contributed by atoms with Crippen molar-refractivity contribution in [2.24, 2.45) is 4.99 Å². The largest absolute Gasteiger partial charge is 0.493 e. The van der Waals surface area contributed by atoms with Crippen LogP contribution in [0.2, 0.25) is 0 Å². The number of amides is 1. The van der Waals surface area contributed by atoms with Crippen LogP contribution in [0.5, 0.6) is 5.75 Å². The molecular weight excluding hydrogens is 394 g/mol. The summed E-state index contributed by atoms with van der Waals surface area (Å²) >= 11 is 0. The number of methoxy groups -OCH3 is 1. The number of para-hydroxylation sites is 1. The van der Waals surface area contributed by atoms with Gasteiger partial charge in [0.25, 0.3) is 5.91 Å². The third-order valence-corrected chi connectivity index (χ3v) is 4.80. The van der Waals surface area contributed by atoms with Crippen molar-refractivity contribution in [1.29, 1.82) is 0 Å². The van der Waals surface area contributed by atoms with Crippen molar-refractivity contribution in [2.45, 2.75) is 18.9 Å². The van der Waals surface area contributed by atoms with Gasteiger partial charge in [-0.3, -0.25) is 4.79 Å². The molecule has 1 amide bonds. The summed E-state index contributed by atoms with van der Waals surface area (Å²) in [5.74, 6) is -1.54. The van der Waals surface area contributed by atoms with Gasteiger partial charge in [-0.2, -0.15) is 0 Å². The summed E-state index contributed by atoms with van der Waals surface area (Å²) in [5.41, 5.74) is 0.408. The van der Waals surface area contributed by atoms with E-state index in [1.165, 1.54) is 7.11 Å². The summed E-state index contributed by atoms with van der Waals surface area (Å²) in [7, 11) is 1.49. The molecule has 1 aliphatic rings. The standard InChI is InChI=1S/C22H20F2N2O4/c1-28-19-6-2-4-13-8-18(21(27)25-12-17-5-3-7-29-17)22(30-20(13)19)26-16-10-14(23)9-15(24)11-16/h2,4,6,8-11,17H,3,5,7,12H2,1H3,(H,25,27)/t17-/m1/s1. The maximum Gasteiger partial charge on any atom is 0.256 e. The molecule has 1 N–H and O–H groups in total. The van der Waals surface area contributed by atoms with E-state index < -0.39 is 17.5 Å². The summed E-state index contributed by atoms with van der Waals surface area (Å²) in [6, 6.07) is 9.70. The highest BCUT2D eigenvalue weighted by atomic mass is 19.1. The Balaban J connectivity index is 1.81. The molecule has 0 saturated carbocycles. The van der Waals surface area contributed by atoms with Gasteiger partial charge < -0.3 is 19.2 Å². The van der Waals surface area contributed by atoms with E-state index in [1.807, 2.05) is 0 Å². The topological polar surface area (TPSA) is 73.1 Å². The molecular formula is C22H20F2N2O4. The maximum absolute atomic E-state index is 13.6. The van der Waals surface area contributed by atoms with Gasteiger partial charge in [0.1, 0.15) is 17.2 Å². The zero-order chi connectivity index (χ0) is 21.1. The summed E-state index contributed by atoms with van der Waals surface area (Å²) in [5, 5.41) is 3.45. The molecule has 0 unspecified atom stereocenters. The number of nitrogens with zero attached hydrogens (tertiary/aromatic N) is 1. The highest BCUT2D eigenvalue weighted by molar-refractivity contribution is 5.97. The van der Waals surface area contributed by atoms with Crippen LogP contribution in [-0.4, -0.2) is 32.3 Å². The van der Waals surface area contributed by atoms with Gasteiger partial charge in [-0.15, -0.1) is 0 Å². The molecule has 0 spiro atoms. The lowest BCUT2D eigenvalue weighted by atomic mass is 10.1. The molecule has 0 radical (unpaired) electrons. The van der Waals surface area contributed by atoms with Gasteiger partial charge >= 0.3 is 0 Å². The third-order valence-electron chi connectivity index (χ3n) is 4.80. The summed E-state index contributed by atoms with van der Waals surface area (Å²) < 4.78 is 43.9. The molecule has 156 valence electrons. The summed E-state index contributed by atoms with van der Waals surface area (Å²) in [4.78, 5) is 17.1. The number of nitrogens with one attached hydrogen (secondary N) is 1. The number of halogens is 2. The van der Waals surface area contributed by atoms with E-state index in [0.717, 1.165) is 31.0 Å². The quantitative estimate of drug-likeness (QED) is 0.688. The monoisotopic (exact) mass is 414 g/mol. The second-order valence-electron chi connectivity index (χ2n) is 6.93. The molecule has 8 heteroatoms. The number of benzene rings is 2. The van der Waals surface area contributed by atoms with E-state index in [4.69, 9.17) is 13.9 Å². The van der Waals surface area contributed by atoms with Gasteiger partial charge in [0.15, 0.2) is 11.3 Å². The molecule has 1 aromatic heterocycles. The molecule has 2 heterocycles. The minimum atomic E-state index is -0.781. The molecule has 30 heavy (non-hydrogen) atoms. The number of ether oxygens (including phenoxy) is 2. The fourth-order valence-electron chi connectivity index (χ4n) is 3.36. The molecule has 2 aromatic carbocycles. The number of carbonyl (C=O) groups is 1. The smallest absolute Gasteiger partial charge is 0.256 e. The highest BCUT2D eigenvalue weighted by Gasteiger charge is 2.19. The Bertz CT molecular complexity index is 1130. The first-order chi connectivity index (χ1) is 14.5. The Labute approximate surface area is 171 Å². The summed E-state index contributed by atoms with van der Waals surface area (Å²) in [6.07, 6.45) is 1.79. The molecule has 4 rings (SSSR count). The molecule has 1 aliphatic heterocycles. The Hall–Kier alpha value is -3.26. The highest BCUT2D eigenvalue weighted by Crippen LogP contribution is 2.25. The molecule has 6 nitrogen and oxygen atoms in total. The van der Waals surface area contributed by atoms with Crippen LogP contribution in [-0.2, 0) is 4.74 Å². The minimum Gasteiger partial charge on any atom is -0.493 e. The van der Waals surface area contributed by atoms with Crippen LogP contribution in [0.4, 0.5) is 14.5 Å². The number of hydrogen-bond donors (Lipinski definition) is 1. The van der Waals surface area contributed by atoms with Crippen LogP contribution >= 0.6 is 0 Å². The van der Waals surface area contributed by atoms with Crippen LogP contribution in [0.25, 0.3) is 11.0 Å². The van der Waals surface area contributed by atoms with Crippen LogP contribution in [0.1, 0.15) is 23.2 Å². The number of rotatable bonds is 5. The van der Waals surface area contributed by atoms with Crippen molar-refractivity contribution in [2.75, 3.05) is 20.3 Å². The summed E-state index contributed by atoms with van der Waals surface area (Å²) in [6.45, 7) is 1.03. The zero-order valence-electron chi connectivity index (χ0n) is 16.3. The molecule has 1 atom stereocenters. The second-order valence-corrected chi connectivity index (χ2v) is 6.93. The Morgan fingerprint density at radius 3 is 2.73 bits per heavy atom. The molecule has 1 saturated heterocycles. The Kier molecular flexibility index (Phi) is 5.76. The maximum atomic E-state index is 13.6. The van der Waals surface area contributed by atoms with Gasteiger partial charge in [0.2, 0.25) is 5.55 Å². The van der Waals surface area contributed by atoms with E-state index >= 15 is 0 Å². The second kappa shape index (κ2) is 8.62. The van der Waals surface area contributed by atoms with Gasteiger partial charge in [-0.25, -0.2) is 13.8 Å². The lowest BCUT2D eigenvalue weighted by Crippen LogP contribution is -2.34. The first-order valence-corrected chi connectivity index (χ1v) is 9.55. The van der Waals surface area contributed by atoms with Crippen molar-refractivity contribution in [3.8, 4) is 5.75 Å². The van der Waals surface area contributed by atoms with Crippen LogP contribution < -0.4 is 15.6 Å². The SMILES string of the molecule is COc1cccc2cc(C(=O)NC[C@H]3CCCO3)c(=Nc3cc(F)cc(F)c3)oc12. The lowest BCUT2D eigenvalue weighted by molar-refractivity contribution is 0.0854. The zero-order valence-corrected chi connectivity index (χ0v) is 16.3. The van der Waals surface area contributed by atoms with Gasteiger partial charge in [-0.05, 0) is 37.1 Å². The van der Waals surface area contributed by atoms with Gasteiger partial charge in [0, 0.05) is 24.6 Å². The first kappa shape index (κ1) is 20.0. The minimum absolute atomic E-state index is 0.0151. The van der Waals surface area contributed by atoms with E-state index in [0.29, 0.717) is 29.9 Å².